The van der Waals surface area contributed by atoms with E-state index in [1.807, 2.05) is 12.3 Å². The average Bonchev–Trinajstić information content (AvgIpc) is 3.09. The first-order valence-electron chi connectivity index (χ1n) is 6.51. The zero-order valence-corrected chi connectivity index (χ0v) is 11.4. The van der Waals surface area contributed by atoms with Crippen LogP contribution in [0.4, 0.5) is 5.82 Å². The Hall–Kier alpha value is -1.12. The number of aromatic nitrogens is 2. The molecule has 1 saturated carbocycles. The summed E-state index contributed by atoms with van der Waals surface area (Å²) in [5.41, 5.74) is 0.0212. The monoisotopic (exact) mass is 233 g/mol. The lowest BCUT2D eigenvalue weighted by Crippen LogP contribution is -2.23. The van der Waals surface area contributed by atoms with Crippen molar-refractivity contribution in [2.75, 3.05) is 18.5 Å². The molecule has 17 heavy (non-hydrogen) atoms. The number of nitrogens with zero attached hydrogens (tertiary/aromatic N) is 3. The van der Waals surface area contributed by atoms with E-state index in [4.69, 9.17) is 0 Å². The normalized spacial score (nSPS) is 16.0. The molecule has 0 amide bonds. The minimum absolute atomic E-state index is 0.0212. The lowest BCUT2D eigenvalue weighted by molar-refractivity contribution is 0.544. The smallest absolute Gasteiger partial charge is 0.135 e. The summed E-state index contributed by atoms with van der Waals surface area (Å²) in [6.45, 7) is 7.55. The molecule has 0 atom stereocenters. The Bertz CT molecular complexity index is 377. The molecule has 2 rings (SSSR count). The van der Waals surface area contributed by atoms with Crippen molar-refractivity contribution in [2.45, 2.75) is 45.4 Å². The summed E-state index contributed by atoms with van der Waals surface area (Å²) >= 11 is 0. The molecule has 1 aliphatic rings. The van der Waals surface area contributed by atoms with Crippen LogP contribution in [0.1, 0.15) is 45.9 Å². The van der Waals surface area contributed by atoms with Gasteiger partial charge in [-0.25, -0.2) is 9.97 Å². The molecular weight excluding hydrogens is 210 g/mol. The van der Waals surface area contributed by atoms with Crippen molar-refractivity contribution in [3.05, 3.63) is 18.1 Å². The Labute approximate surface area is 104 Å². The molecule has 0 saturated heterocycles. The van der Waals surface area contributed by atoms with E-state index in [1.54, 1.807) is 0 Å². The summed E-state index contributed by atoms with van der Waals surface area (Å²) < 4.78 is 0. The third-order valence-corrected chi connectivity index (χ3v) is 3.27. The van der Waals surface area contributed by atoms with Gasteiger partial charge in [-0.3, -0.25) is 0 Å². The van der Waals surface area contributed by atoms with E-state index in [9.17, 15) is 0 Å². The number of rotatable bonds is 4. The van der Waals surface area contributed by atoms with Gasteiger partial charge in [0, 0.05) is 25.2 Å². The van der Waals surface area contributed by atoms with Crippen LogP contribution in [0.25, 0.3) is 0 Å². The van der Waals surface area contributed by atoms with Crippen molar-refractivity contribution < 1.29 is 0 Å². The number of anilines is 1. The highest BCUT2D eigenvalue weighted by Crippen LogP contribution is 2.32. The lowest BCUT2D eigenvalue weighted by atomic mass is 9.96. The first-order chi connectivity index (χ1) is 7.97. The van der Waals surface area contributed by atoms with E-state index in [-0.39, 0.29) is 5.41 Å². The maximum atomic E-state index is 4.66. The molecule has 1 fully saturated rings. The van der Waals surface area contributed by atoms with Crippen LogP contribution >= 0.6 is 0 Å². The van der Waals surface area contributed by atoms with Crippen LogP contribution in [0.15, 0.2) is 12.3 Å². The molecule has 94 valence electrons. The Morgan fingerprint density at radius 2 is 2.06 bits per heavy atom. The summed E-state index contributed by atoms with van der Waals surface area (Å²) in [4.78, 5) is 11.3. The Balaban J connectivity index is 2.03. The van der Waals surface area contributed by atoms with Crippen LogP contribution in [-0.2, 0) is 5.41 Å². The maximum absolute atomic E-state index is 4.66. The molecule has 1 heterocycles. The van der Waals surface area contributed by atoms with E-state index < -0.39 is 0 Å². The summed E-state index contributed by atoms with van der Waals surface area (Å²) in [6, 6.07) is 2.00. The van der Waals surface area contributed by atoms with Gasteiger partial charge >= 0.3 is 0 Å². The quantitative estimate of drug-likeness (QED) is 0.800. The van der Waals surface area contributed by atoms with Crippen LogP contribution in [-0.4, -0.2) is 23.6 Å². The third-order valence-electron chi connectivity index (χ3n) is 3.27. The van der Waals surface area contributed by atoms with Crippen LogP contribution in [0, 0.1) is 5.92 Å². The molecule has 0 radical (unpaired) electrons. The van der Waals surface area contributed by atoms with Gasteiger partial charge in [0.15, 0.2) is 0 Å². The van der Waals surface area contributed by atoms with Crippen molar-refractivity contribution >= 4 is 5.82 Å². The van der Waals surface area contributed by atoms with Crippen LogP contribution in [0.2, 0.25) is 0 Å². The van der Waals surface area contributed by atoms with Crippen LogP contribution in [0.5, 0.6) is 0 Å². The SMILES string of the molecule is CN(CCC1CC1)c1ccnc(C(C)(C)C)n1. The molecule has 1 aliphatic carbocycles. The summed E-state index contributed by atoms with van der Waals surface area (Å²) in [5.74, 6) is 2.94. The summed E-state index contributed by atoms with van der Waals surface area (Å²) in [6.07, 6.45) is 6.01. The highest BCUT2D eigenvalue weighted by Gasteiger charge is 2.22. The molecule has 0 unspecified atom stereocenters. The van der Waals surface area contributed by atoms with E-state index in [2.05, 4.69) is 42.7 Å². The Kier molecular flexibility index (Phi) is 3.36. The fraction of sp³-hybridized carbons (Fsp3) is 0.714. The van der Waals surface area contributed by atoms with E-state index in [0.29, 0.717) is 0 Å². The summed E-state index contributed by atoms with van der Waals surface area (Å²) in [5, 5.41) is 0. The van der Waals surface area contributed by atoms with E-state index in [0.717, 1.165) is 24.1 Å². The predicted octanol–water partition coefficient (Wildman–Crippen LogP) is 3.01. The van der Waals surface area contributed by atoms with Gasteiger partial charge in [-0.1, -0.05) is 33.6 Å². The standard InChI is InChI=1S/C14H23N3/c1-14(2,3)13-15-9-7-12(16-13)17(4)10-8-11-5-6-11/h7,9,11H,5-6,8,10H2,1-4H3. The van der Waals surface area contributed by atoms with Crippen molar-refractivity contribution in [2.24, 2.45) is 5.92 Å². The van der Waals surface area contributed by atoms with Gasteiger partial charge in [0.1, 0.15) is 11.6 Å². The first-order valence-corrected chi connectivity index (χ1v) is 6.51. The van der Waals surface area contributed by atoms with Gasteiger partial charge in [-0.15, -0.1) is 0 Å². The molecular formula is C14H23N3. The zero-order chi connectivity index (χ0) is 12.5. The predicted molar refractivity (Wildman–Crippen MR) is 71.3 cm³/mol. The fourth-order valence-corrected chi connectivity index (χ4v) is 1.82. The topological polar surface area (TPSA) is 29.0 Å². The second-order valence-corrected chi connectivity index (χ2v) is 6.14. The second-order valence-electron chi connectivity index (χ2n) is 6.14. The molecule has 0 spiro atoms. The molecule has 0 bridgehead atoms. The minimum atomic E-state index is 0.0212. The van der Waals surface area contributed by atoms with Crippen LogP contribution < -0.4 is 4.90 Å². The molecule has 0 aromatic carbocycles. The average molecular weight is 233 g/mol. The highest BCUT2D eigenvalue weighted by molar-refractivity contribution is 5.36. The highest BCUT2D eigenvalue weighted by atomic mass is 15.2. The zero-order valence-electron chi connectivity index (χ0n) is 11.4. The first kappa shape index (κ1) is 12.3. The Morgan fingerprint density at radius 1 is 1.35 bits per heavy atom. The second kappa shape index (κ2) is 4.63. The molecule has 1 aromatic heterocycles. The Morgan fingerprint density at radius 3 is 2.65 bits per heavy atom. The van der Waals surface area contributed by atoms with E-state index >= 15 is 0 Å². The minimum Gasteiger partial charge on any atom is -0.360 e. The largest absolute Gasteiger partial charge is 0.360 e. The van der Waals surface area contributed by atoms with Crippen molar-refractivity contribution in [1.82, 2.24) is 9.97 Å². The van der Waals surface area contributed by atoms with Gasteiger partial charge in [-0.2, -0.15) is 0 Å². The van der Waals surface area contributed by atoms with Crippen molar-refractivity contribution in [3.63, 3.8) is 0 Å². The van der Waals surface area contributed by atoms with Crippen molar-refractivity contribution in [3.8, 4) is 0 Å². The molecule has 3 nitrogen and oxygen atoms in total. The van der Waals surface area contributed by atoms with Crippen molar-refractivity contribution in [1.29, 1.82) is 0 Å². The number of hydrogen-bond donors (Lipinski definition) is 0. The fourth-order valence-electron chi connectivity index (χ4n) is 1.82. The van der Waals surface area contributed by atoms with E-state index in [1.165, 1.54) is 19.3 Å². The summed E-state index contributed by atoms with van der Waals surface area (Å²) in [7, 11) is 2.12. The van der Waals surface area contributed by atoms with Crippen LogP contribution in [0.3, 0.4) is 0 Å². The maximum Gasteiger partial charge on any atom is 0.135 e. The van der Waals surface area contributed by atoms with Gasteiger partial charge in [0.05, 0.1) is 0 Å². The van der Waals surface area contributed by atoms with Gasteiger partial charge < -0.3 is 4.90 Å². The van der Waals surface area contributed by atoms with Gasteiger partial charge in [-0.05, 0) is 18.4 Å². The molecule has 1 aromatic rings. The molecule has 0 N–H and O–H groups in total. The third kappa shape index (κ3) is 3.42. The van der Waals surface area contributed by atoms with Gasteiger partial charge in [0.2, 0.25) is 0 Å². The van der Waals surface area contributed by atoms with Gasteiger partial charge in [0.25, 0.3) is 0 Å². The number of hydrogen-bond acceptors (Lipinski definition) is 3. The lowest BCUT2D eigenvalue weighted by Gasteiger charge is -2.21. The molecule has 3 heteroatoms. The molecule has 0 aliphatic heterocycles.